The monoisotopic (exact) mass is 302 g/mol. The van der Waals surface area contributed by atoms with Gasteiger partial charge in [-0.15, -0.1) is 0 Å². The van der Waals surface area contributed by atoms with E-state index in [2.05, 4.69) is 32.2 Å². The number of piperidine rings is 1. The molecule has 0 radical (unpaired) electrons. The molecule has 4 heteroatoms. The number of nitrogens with zero attached hydrogens (tertiary/aromatic N) is 1. The van der Waals surface area contributed by atoms with Crippen LogP contribution >= 0.6 is 0 Å². The number of benzene rings is 1. The highest BCUT2D eigenvalue weighted by molar-refractivity contribution is 5.90. The summed E-state index contributed by atoms with van der Waals surface area (Å²) in [5.74, 6) is 0.504. The van der Waals surface area contributed by atoms with E-state index in [9.17, 15) is 9.90 Å². The number of carbonyl (C=O) groups excluding carboxylic acids is 1. The molecule has 1 aromatic carbocycles. The molecule has 22 heavy (non-hydrogen) atoms. The van der Waals surface area contributed by atoms with Crippen LogP contribution in [0, 0.1) is 11.8 Å². The number of hydrogen-bond acceptors (Lipinski definition) is 2. The van der Waals surface area contributed by atoms with Crippen molar-refractivity contribution in [1.29, 1.82) is 0 Å². The van der Waals surface area contributed by atoms with E-state index in [1.54, 1.807) is 0 Å². The molecule has 3 atom stereocenters. The highest BCUT2D eigenvalue weighted by Crippen LogP contribution is 2.37. The summed E-state index contributed by atoms with van der Waals surface area (Å²) in [5, 5.41) is 13.2. The van der Waals surface area contributed by atoms with E-state index >= 15 is 0 Å². The van der Waals surface area contributed by atoms with Gasteiger partial charge < -0.3 is 15.3 Å². The Kier molecular flexibility index (Phi) is 3.89. The molecule has 1 unspecified atom stereocenters. The Balaban J connectivity index is 1.73. The minimum absolute atomic E-state index is 0.0129. The van der Waals surface area contributed by atoms with Crippen molar-refractivity contribution in [1.82, 2.24) is 4.90 Å². The molecule has 1 aliphatic heterocycles. The lowest BCUT2D eigenvalue weighted by Gasteiger charge is -2.35. The Morgan fingerprint density at radius 3 is 2.36 bits per heavy atom. The summed E-state index contributed by atoms with van der Waals surface area (Å²) in [4.78, 5) is 14.5. The van der Waals surface area contributed by atoms with E-state index in [0.29, 0.717) is 13.1 Å². The minimum atomic E-state index is -0.217. The molecule has 1 heterocycles. The van der Waals surface area contributed by atoms with Crippen LogP contribution in [0.25, 0.3) is 0 Å². The molecule has 2 fully saturated rings. The molecule has 4 nitrogen and oxygen atoms in total. The number of aliphatic hydroxyl groups is 1. The molecule has 0 spiro atoms. The molecule has 1 aliphatic carbocycles. The Morgan fingerprint density at radius 2 is 1.77 bits per heavy atom. The number of carbonyl (C=O) groups is 1. The third-order valence-electron chi connectivity index (χ3n) is 5.05. The largest absolute Gasteiger partial charge is 0.392 e. The second-order valence-electron chi connectivity index (χ2n) is 7.72. The zero-order valence-electron chi connectivity index (χ0n) is 13.7. The van der Waals surface area contributed by atoms with E-state index in [1.807, 2.05) is 23.1 Å². The topological polar surface area (TPSA) is 52.6 Å². The zero-order valence-corrected chi connectivity index (χ0v) is 13.7. The van der Waals surface area contributed by atoms with E-state index in [-0.39, 0.29) is 29.4 Å². The van der Waals surface area contributed by atoms with Gasteiger partial charge in [-0.3, -0.25) is 0 Å². The lowest BCUT2D eigenvalue weighted by molar-refractivity contribution is 0.0326. The van der Waals surface area contributed by atoms with Crippen LogP contribution in [0.3, 0.4) is 0 Å². The van der Waals surface area contributed by atoms with Crippen molar-refractivity contribution < 1.29 is 9.90 Å². The van der Waals surface area contributed by atoms with E-state index < -0.39 is 0 Å². The van der Waals surface area contributed by atoms with Gasteiger partial charge in [0, 0.05) is 30.6 Å². The standard InChI is InChI=1S/C18H26N2O2/c1-18(2,3)14-6-4-5-7-15(14)19-17(22)20-10-12-8-9-13(11-20)16(12)21/h4-7,12-13,16,21H,8-11H2,1-3H3,(H,19,22)/t12-,13+,16?. The SMILES string of the molecule is CC(C)(C)c1ccccc1NC(=O)N1C[C@H]2CC[C@@H](C1)C2O. The first-order valence-corrected chi connectivity index (χ1v) is 8.20. The van der Waals surface area contributed by atoms with Gasteiger partial charge in [0.2, 0.25) is 0 Å². The molecule has 3 rings (SSSR count). The molecule has 1 saturated carbocycles. The first kappa shape index (κ1) is 15.3. The zero-order chi connectivity index (χ0) is 15.9. The number of urea groups is 1. The average molecular weight is 302 g/mol. The third-order valence-corrected chi connectivity index (χ3v) is 5.05. The number of fused-ring (bicyclic) bond motifs is 2. The first-order chi connectivity index (χ1) is 10.4. The van der Waals surface area contributed by atoms with Crippen molar-refractivity contribution in [2.75, 3.05) is 18.4 Å². The second-order valence-corrected chi connectivity index (χ2v) is 7.72. The summed E-state index contributed by atoms with van der Waals surface area (Å²) >= 11 is 0. The van der Waals surface area contributed by atoms with Gasteiger partial charge in [0.05, 0.1) is 6.10 Å². The van der Waals surface area contributed by atoms with Gasteiger partial charge in [0.25, 0.3) is 0 Å². The van der Waals surface area contributed by atoms with Gasteiger partial charge in [-0.05, 0) is 29.9 Å². The fourth-order valence-corrected chi connectivity index (χ4v) is 3.80. The van der Waals surface area contributed by atoms with E-state index in [1.165, 1.54) is 0 Å². The molecule has 2 N–H and O–H groups in total. The number of anilines is 1. The Labute approximate surface area is 132 Å². The van der Waals surface area contributed by atoms with Crippen molar-refractivity contribution in [2.24, 2.45) is 11.8 Å². The van der Waals surface area contributed by atoms with Crippen molar-refractivity contribution in [3.63, 3.8) is 0 Å². The fraction of sp³-hybridized carbons (Fsp3) is 0.611. The maximum absolute atomic E-state index is 12.6. The van der Waals surface area contributed by atoms with Gasteiger partial charge in [-0.1, -0.05) is 39.0 Å². The molecule has 2 amide bonds. The normalized spacial score (nSPS) is 27.8. The molecule has 1 saturated heterocycles. The van der Waals surface area contributed by atoms with Gasteiger partial charge in [0.1, 0.15) is 0 Å². The predicted octanol–water partition coefficient (Wildman–Crippen LogP) is 3.22. The molecule has 120 valence electrons. The molecule has 2 bridgehead atoms. The van der Waals surface area contributed by atoms with Gasteiger partial charge in [-0.25, -0.2) is 4.79 Å². The number of aliphatic hydroxyl groups excluding tert-OH is 1. The Bertz CT molecular complexity index is 550. The highest BCUT2D eigenvalue weighted by Gasteiger charge is 2.42. The highest BCUT2D eigenvalue weighted by atomic mass is 16.3. The lowest BCUT2D eigenvalue weighted by atomic mass is 9.86. The lowest BCUT2D eigenvalue weighted by Crippen LogP contribution is -2.48. The van der Waals surface area contributed by atoms with E-state index in [4.69, 9.17) is 0 Å². The second kappa shape index (κ2) is 5.58. The molecular weight excluding hydrogens is 276 g/mol. The quantitative estimate of drug-likeness (QED) is 0.837. The van der Waals surface area contributed by atoms with Crippen LogP contribution < -0.4 is 5.32 Å². The summed E-state index contributed by atoms with van der Waals surface area (Å²) in [7, 11) is 0. The van der Waals surface area contributed by atoms with Crippen LogP contribution in [0.2, 0.25) is 0 Å². The van der Waals surface area contributed by atoms with Crippen LogP contribution in [0.4, 0.5) is 10.5 Å². The van der Waals surface area contributed by atoms with Crippen LogP contribution in [-0.2, 0) is 5.41 Å². The average Bonchev–Trinajstić information content (AvgIpc) is 2.68. The summed E-state index contributed by atoms with van der Waals surface area (Å²) in [5.41, 5.74) is 2.02. The Morgan fingerprint density at radius 1 is 1.18 bits per heavy atom. The van der Waals surface area contributed by atoms with Crippen LogP contribution in [0.15, 0.2) is 24.3 Å². The van der Waals surface area contributed by atoms with Gasteiger partial charge >= 0.3 is 6.03 Å². The fourth-order valence-electron chi connectivity index (χ4n) is 3.80. The van der Waals surface area contributed by atoms with Crippen molar-refractivity contribution in [2.45, 2.75) is 45.1 Å². The Hall–Kier alpha value is -1.55. The molecule has 0 aromatic heterocycles. The summed E-state index contributed by atoms with van der Waals surface area (Å²) < 4.78 is 0. The third kappa shape index (κ3) is 2.84. The summed E-state index contributed by atoms with van der Waals surface area (Å²) in [6, 6.07) is 7.95. The number of amides is 2. The number of nitrogens with one attached hydrogen (secondary N) is 1. The maximum Gasteiger partial charge on any atom is 0.321 e. The first-order valence-electron chi connectivity index (χ1n) is 8.20. The maximum atomic E-state index is 12.6. The van der Waals surface area contributed by atoms with Crippen LogP contribution in [0.1, 0.15) is 39.2 Å². The number of para-hydroxylation sites is 1. The van der Waals surface area contributed by atoms with E-state index in [0.717, 1.165) is 24.1 Å². The molecular formula is C18H26N2O2. The molecule has 1 aromatic rings. The molecule has 2 aliphatic rings. The number of hydrogen-bond donors (Lipinski definition) is 2. The number of rotatable bonds is 1. The van der Waals surface area contributed by atoms with Gasteiger partial charge in [-0.2, -0.15) is 0 Å². The number of likely N-dealkylation sites (tertiary alicyclic amines) is 1. The van der Waals surface area contributed by atoms with Gasteiger partial charge in [0.15, 0.2) is 0 Å². The minimum Gasteiger partial charge on any atom is -0.392 e. The van der Waals surface area contributed by atoms with Crippen LogP contribution in [-0.4, -0.2) is 35.2 Å². The van der Waals surface area contributed by atoms with Crippen molar-refractivity contribution in [3.8, 4) is 0 Å². The predicted molar refractivity (Wildman–Crippen MR) is 88.0 cm³/mol. The summed E-state index contributed by atoms with van der Waals surface area (Å²) in [6.45, 7) is 7.78. The summed E-state index contributed by atoms with van der Waals surface area (Å²) in [6.07, 6.45) is 1.86. The van der Waals surface area contributed by atoms with Crippen molar-refractivity contribution >= 4 is 11.7 Å². The van der Waals surface area contributed by atoms with Crippen molar-refractivity contribution in [3.05, 3.63) is 29.8 Å². The van der Waals surface area contributed by atoms with Crippen LogP contribution in [0.5, 0.6) is 0 Å². The smallest absolute Gasteiger partial charge is 0.321 e.